The molecule has 0 bridgehead atoms. The number of rotatable bonds is 6. The van der Waals surface area contributed by atoms with E-state index in [2.05, 4.69) is 60.4 Å². The van der Waals surface area contributed by atoms with Crippen LogP contribution in [0.25, 0.3) is 17.0 Å². The van der Waals surface area contributed by atoms with Crippen LogP contribution in [0.2, 0.25) is 0 Å². The SMILES string of the molecule is Nc1ncnc2c1CCN2C1CC(/C=C/c2ccc3cc(Br)c(NCC4CC4)nc3c2)[C@@H](O)C1O. The highest BCUT2D eigenvalue weighted by Crippen LogP contribution is 2.38. The predicted octanol–water partition coefficient (Wildman–Crippen LogP) is 3.38. The van der Waals surface area contributed by atoms with Gasteiger partial charge in [-0.25, -0.2) is 15.0 Å². The Balaban J connectivity index is 1.19. The summed E-state index contributed by atoms with van der Waals surface area (Å²) in [6, 6.07) is 8.05. The van der Waals surface area contributed by atoms with Crippen molar-refractivity contribution in [1.82, 2.24) is 15.0 Å². The smallest absolute Gasteiger partial charge is 0.141 e. The number of anilines is 3. The van der Waals surface area contributed by atoms with Crippen molar-refractivity contribution in [3.63, 3.8) is 0 Å². The molecule has 5 N–H and O–H groups in total. The number of aliphatic hydroxyl groups excluding tert-OH is 2. The van der Waals surface area contributed by atoms with Gasteiger partial charge in [0.05, 0.1) is 22.1 Å². The second-order valence-electron chi connectivity index (χ2n) is 9.91. The van der Waals surface area contributed by atoms with Crippen LogP contribution in [0.3, 0.4) is 0 Å². The average Bonchev–Trinajstić information content (AvgIpc) is 3.52. The zero-order valence-corrected chi connectivity index (χ0v) is 20.9. The van der Waals surface area contributed by atoms with Gasteiger partial charge in [-0.3, -0.25) is 0 Å². The average molecular weight is 537 g/mol. The van der Waals surface area contributed by atoms with E-state index in [0.29, 0.717) is 18.8 Å². The van der Waals surface area contributed by atoms with Crippen LogP contribution in [0, 0.1) is 11.8 Å². The summed E-state index contributed by atoms with van der Waals surface area (Å²) in [6.07, 6.45) is 7.75. The lowest BCUT2D eigenvalue weighted by atomic mass is 10.0. The first-order valence-corrected chi connectivity index (χ1v) is 13.0. The van der Waals surface area contributed by atoms with E-state index < -0.39 is 12.2 Å². The van der Waals surface area contributed by atoms with E-state index in [9.17, 15) is 10.2 Å². The van der Waals surface area contributed by atoms with Crippen molar-refractivity contribution in [1.29, 1.82) is 0 Å². The van der Waals surface area contributed by atoms with E-state index in [1.54, 1.807) is 0 Å². The van der Waals surface area contributed by atoms with Gasteiger partial charge in [0.1, 0.15) is 29.9 Å². The summed E-state index contributed by atoms with van der Waals surface area (Å²) in [5.74, 6) is 2.74. The largest absolute Gasteiger partial charge is 0.390 e. The highest BCUT2D eigenvalue weighted by atomic mass is 79.9. The zero-order chi connectivity index (χ0) is 24.1. The molecule has 0 amide bonds. The Labute approximate surface area is 212 Å². The Bertz CT molecular complexity index is 1300. The van der Waals surface area contributed by atoms with Crippen molar-refractivity contribution in [2.45, 2.75) is 43.9 Å². The standard InChI is InChI=1S/C26H29BrN6O2/c27-19-10-16-5-3-14(9-20(16)32-25(19)29-12-15-1-2-15)4-6-17-11-21(23(35)22(17)34)33-8-7-18-24(28)30-13-31-26(18)33/h3-6,9-10,13,15,17,21-23,34-35H,1-2,7-8,11-12H2,(H,29,32)(H2,28,30,31)/b6-4+/t17?,21?,22-,23?/m1/s1. The maximum absolute atomic E-state index is 10.9. The molecule has 3 aliphatic rings. The zero-order valence-electron chi connectivity index (χ0n) is 19.3. The van der Waals surface area contributed by atoms with E-state index in [4.69, 9.17) is 10.7 Å². The van der Waals surface area contributed by atoms with Crippen LogP contribution >= 0.6 is 15.9 Å². The summed E-state index contributed by atoms with van der Waals surface area (Å²) in [5, 5.41) is 26.2. The third kappa shape index (κ3) is 4.37. The van der Waals surface area contributed by atoms with Gasteiger partial charge in [0.2, 0.25) is 0 Å². The van der Waals surface area contributed by atoms with Gasteiger partial charge >= 0.3 is 0 Å². The number of nitrogens with one attached hydrogen (secondary N) is 1. The predicted molar refractivity (Wildman–Crippen MR) is 141 cm³/mol. The number of nitrogens with two attached hydrogens (primary N) is 1. The fraction of sp³-hybridized carbons (Fsp3) is 0.423. The van der Waals surface area contributed by atoms with Crippen molar-refractivity contribution < 1.29 is 10.2 Å². The van der Waals surface area contributed by atoms with Crippen molar-refractivity contribution in [3.8, 4) is 0 Å². The minimum atomic E-state index is -0.859. The molecule has 6 rings (SSSR count). The van der Waals surface area contributed by atoms with Crippen LogP contribution in [0.4, 0.5) is 17.5 Å². The molecule has 35 heavy (non-hydrogen) atoms. The van der Waals surface area contributed by atoms with Crippen LogP contribution in [0.5, 0.6) is 0 Å². The van der Waals surface area contributed by atoms with Crippen molar-refractivity contribution in [2.75, 3.05) is 29.0 Å². The van der Waals surface area contributed by atoms with Crippen LogP contribution in [-0.4, -0.2) is 56.5 Å². The lowest BCUT2D eigenvalue weighted by Crippen LogP contribution is -2.43. The third-order valence-electron chi connectivity index (χ3n) is 7.51. The van der Waals surface area contributed by atoms with E-state index in [1.165, 1.54) is 19.2 Å². The minimum Gasteiger partial charge on any atom is -0.390 e. The highest BCUT2D eigenvalue weighted by molar-refractivity contribution is 9.10. The number of nitrogens with zero attached hydrogens (tertiary/aromatic N) is 4. The topological polar surface area (TPSA) is 120 Å². The summed E-state index contributed by atoms with van der Waals surface area (Å²) < 4.78 is 0.971. The monoisotopic (exact) mass is 536 g/mol. The fourth-order valence-electron chi connectivity index (χ4n) is 5.29. The number of hydrogen-bond donors (Lipinski definition) is 4. The summed E-state index contributed by atoms with van der Waals surface area (Å²) in [4.78, 5) is 15.4. The number of hydrogen-bond acceptors (Lipinski definition) is 8. The van der Waals surface area contributed by atoms with Gasteiger partial charge in [-0.15, -0.1) is 0 Å². The molecule has 0 radical (unpaired) electrons. The molecule has 0 spiro atoms. The normalized spacial score (nSPS) is 26.1. The minimum absolute atomic E-state index is 0.164. The molecule has 9 heteroatoms. The quantitative estimate of drug-likeness (QED) is 0.378. The molecule has 2 aliphatic carbocycles. The van der Waals surface area contributed by atoms with Crippen LogP contribution < -0.4 is 16.0 Å². The van der Waals surface area contributed by atoms with Crippen molar-refractivity contribution in [3.05, 3.63) is 52.3 Å². The number of aromatic nitrogens is 3. The Kier molecular flexibility index (Phi) is 5.86. The molecule has 3 unspecified atom stereocenters. The van der Waals surface area contributed by atoms with Gasteiger partial charge in [0, 0.05) is 30.0 Å². The molecule has 1 aliphatic heterocycles. The molecule has 4 atom stereocenters. The lowest BCUT2D eigenvalue weighted by Gasteiger charge is -2.28. The third-order valence-corrected chi connectivity index (χ3v) is 8.12. The van der Waals surface area contributed by atoms with Gasteiger partial charge in [-0.1, -0.05) is 24.3 Å². The molecule has 8 nitrogen and oxygen atoms in total. The Morgan fingerprint density at radius 1 is 1.17 bits per heavy atom. The number of halogens is 1. The van der Waals surface area contributed by atoms with Gasteiger partial charge in [0.25, 0.3) is 0 Å². The van der Waals surface area contributed by atoms with Gasteiger partial charge < -0.3 is 26.2 Å². The summed E-state index contributed by atoms with van der Waals surface area (Å²) >= 11 is 3.63. The summed E-state index contributed by atoms with van der Waals surface area (Å²) in [6.45, 7) is 1.67. The first-order valence-electron chi connectivity index (χ1n) is 12.2. The van der Waals surface area contributed by atoms with Gasteiger partial charge in [0.15, 0.2) is 0 Å². The molecule has 1 aromatic carbocycles. The summed E-state index contributed by atoms with van der Waals surface area (Å²) in [5.41, 5.74) is 8.87. The number of nitrogen functional groups attached to an aromatic ring is 1. The van der Waals surface area contributed by atoms with E-state index >= 15 is 0 Å². The first kappa shape index (κ1) is 22.7. The number of benzene rings is 1. The van der Waals surface area contributed by atoms with Crippen molar-refractivity contribution in [2.24, 2.45) is 11.8 Å². The van der Waals surface area contributed by atoms with E-state index in [-0.39, 0.29) is 12.0 Å². The highest BCUT2D eigenvalue weighted by Gasteiger charge is 2.45. The molecular formula is C26H29BrN6O2. The van der Waals surface area contributed by atoms with Crippen LogP contribution in [-0.2, 0) is 6.42 Å². The lowest BCUT2D eigenvalue weighted by molar-refractivity contribution is 0.0229. The molecular weight excluding hydrogens is 508 g/mol. The number of pyridine rings is 1. The molecule has 0 saturated heterocycles. The Hall–Kier alpha value is -2.75. The fourth-order valence-corrected chi connectivity index (χ4v) is 5.77. The molecule has 3 aromatic rings. The molecule has 2 fully saturated rings. The van der Waals surface area contributed by atoms with Gasteiger partial charge in [-0.05, 0) is 65.2 Å². The second kappa shape index (κ2) is 9.04. The van der Waals surface area contributed by atoms with E-state index in [0.717, 1.165) is 57.0 Å². The summed E-state index contributed by atoms with van der Waals surface area (Å²) in [7, 11) is 0. The number of aliphatic hydroxyl groups is 2. The molecule has 3 heterocycles. The van der Waals surface area contributed by atoms with Crippen molar-refractivity contribution >= 4 is 50.4 Å². The van der Waals surface area contributed by atoms with Gasteiger partial charge in [-0.2, -0.15) is 0 Å². The Morgan fingerprint density at radius 2 is 2.03 bits per heavy atom. The maximum atomic E-state index is 10.9. The van der Waals surface area contributed by atoms with E-state index in [1.807, 2.05) is 12.2 Å². The Morgan fingerprint density at radius 3 is 2.86 bits per heavy atom. The second-order valence-corrected chi connectivity index (χ2v) is 10.8. The van der Waals surface area contributed by atoms with Crippen LogP contribution in [0.15, 0.2) is 41.1 Å². The molecule has 2 aromatic heterocycles. The maximum Gasteiger partial charge on any atom is 0.141 e. The molecule has 182 valence electrons. The first-order chi connectivity index (χ1) is 17.0. The molecule has 2 saturated carbocycles. The number of fused-ring (bicyclic) bond motifs is 2. The van der Waals surface area contributed by atoms with Crippen LogP contribution in [0.1, 0.15) is 30.4 Å².